The van der Waals surface area contributed by atoms with Gasteiger partial charge >= 0.3 is 6.18 Å². The zero-order chi connectivity index (χ0) is 22.4. The largest absolute Gasteiger partial charge is 0.416 e. The third-order valence-electron chi connectivity index (χ3n) is 3.70. The van der Waals surface area contributed by atoms with Crippen LogP contribution in [0.25, 0.3) is 0 Å². The van der Waals surface area contributed by atoms with E-state index in [0.29, 0.717) is 5.02 Å². The highest BCUT2D eigenvalue weighted by molar-refractivity contribution is 7.99. The highest BCUT2D eigenvalue weighted by atomic mass is 35.5. The first-order valence-corrected chi connectivity index (χ1v) is 9.94. The highest BCUT2D eigenvalue weighted by Crippen LogP contribution is 2.30. The minimum Gasteiger partial charge on any atom is -0.334 e. The number of nitrogens with two attached hydrogens (primary N) is 1. The number of alkyl halides is 3. The second kappa shape index (κ2) is 9.71. The minimum atomic E-state index is -4.50. The van der Waals surface area contributed by atoms with Crippen molar-refractivity contribution in [2.24, 2.45) is 5.10 Å². The number of nitrogens with zero attached hydrogens (tertiary/aromatic N) is 4. The van der Waals surface area contributed by atoms with E-state index in [-0.39, 0.29) is 22.5 Å². The van der Waals surface area contributed by atoms with Crippen molar-refractivity contribution < 1.29 is 18.0 Å². The summed E-state index contributed by atoms with van der Waals surface area (Å²) < 4.78 is 39.4. The first-order valence-electron chi connectivity index (χ1n) is 8.57. The van der Waals surface area contributed by atoms with Crippen LogP contribution in [0, 0.1) is 0 Å². The Hall–Kier alpha value is -3.25. The van der Waals surface area contributed by atoms with E-state index in [4.69, 9.17) is 17.4 Å². The van der Waals surface area contributed by atoms with Crippen LogP contribution < -0.4 is 16.6 Å². The summed E-state index contributed by atoms with van der Waals surface area (Å²) in [7, 11) is 0. The lowest BCUT2D eigenvalue weighted by atomic mass is 10.2. The summed E-state index contributed by atoms with van der Waals surface area (Å²) >= 11 is 6.85. The molecule has 0 aliphatic carbocycles. The van der Waals surface area contributed by atoms with Gasteiger partial charge in [-0.2, -0.15) is 18.3 Å². The molecule has 0 saturated carbocycles. The molecule has 1 amide bonds. The third kappa shape index (κ3) is 6.36. The van der Waals surface area contributed by atoms with E-state index in [1.807, 2.05) is 0 Å². The minimum absolute atomic E-state index is 0.0346. The smallest absolute Gasteiger partial charge is 0.334 e. The van der Waals surface area contributed by atoms with Crippen molar-refractivity contribution in [3.05, 3.63) is 64.7 Å². The van der Waals surface area contributed by atoms with E-state index >= 15 is 0 Å². The number of hydrogen-bond donors (Lipinski definition) is 3. The second-order valence-electron chi connectivity index (χ2n) is 6.02. The summed E-state index contributed by atoms with van der Waals surface area (Å²) in [4.78, 5) is 12.1. The Morgan fingerprint density at radius 1 is 1.23 bits per heavy atom. The number of rotatable bonds is 7. The topological polar surface area (TPSA) is 110 Å². The lowest BCUT2D eigenvalue weighted by Crippen LogP contribution is -2.17. The Morgan fingerprint density at radius 2 is 2.00 bits per heavy atom. The number of hydrogen-bond acceptors (Lipinski definition) is 7. The van der Waals surface area contributed by atoms with Crippen molar-refractivity contribution in [2.45, 2.75) is 11.3 Å². The van der Waals surface area contributed by atoms with Gasteiger partial charge in [0.15, 0.2) is 0 Å². The van der Waals surface area contributed by atoms with Crippen molar-refractivity contribution in [3.8, 4) is 0 Å². The molecule has 0 spiro atoms. The summed E-state index contributed by atoms with van der Waals surface area (Å²) in [5, 5.41) is 14.8. The Labute approximate surface area is 183 Å². The third-order valence-corrected chi connectivity index (χ3v) is 4.88. The van der Waals surface area contributed by atoms with Gasteiger partial charge in [0.1, 0.15) is 0 Å². The van der Waals surface area contributed by atoms with E-state index < -0.39 is 17.6 Å². The molecule has 0 bridgehead atoms. The molecule has 4 N–H and O–H groups in total. The molecule has 3 aromatic rings. The van der Waals surface area contributed by atoms with Gasteiger partial charge in [0.05, 0.1) is 17.5 Å². The molecule has 8 nitrogen and oxygen atoms in total. The number of nitrogens with one attached hydrogen (secondary N) is 2. The number of anilines is 2. The fourth-order valence-corrected chi connectivity index (χ4v) is 3.16. The molecular weight excluding hydrogens is 455 g/mol. The van der Waals surface area contributed by atoms with Gasteiger partial charge in [-0.25, -0.2) is 10.1 Å². The number of thioether (sulfide) groups is 1. The van der Waals surface area contributed by atoms with Crippen LogP contribution in [0.3, 0.4) is 0 Å². The average Bonchev–Trinajstić information content (AvgIpc) is 3.06. The average molecular weight is 470 g/mol. The van der Waals surface area contributed by atoms with Crippen LogP contribution in [0.5, 0.6) is 0 Å². The summed E-state index contributed by atoms with van der Waals surface area (Å²) in [6.07, 6.45) is -2.99. The maximum Gasteiger partial charge on any atom is 0.416 e. The van der Waals surface area contributed by atoms with Gasteiger partial charge < -0.3 is 11.2 Å². The molecule has 3 rings (SSSR count). The van der Waals surface area contributed by atoms with Gasteiger partial charge in [0, 0.05) is 10.7 Å². The Balaban J connectivity index is 1.54. The molecule has 0 atom stereocenters. The standard InChI is InChI=1S/C18H15ClF3N7OS/c19-13-5-1-3-11(7-13)9-24-26-16-27-28-17(29(16)23)31-10-15(30)25-14-6-2-4-12(8-14)18(20,21)22/h1-9H,10,23H2,(H,25,30)(H,26,27)/b24-9+. The van der Waals surface area contributed by atoms with Crippen molar-refractivity contribution in [1.82, 2.24) is 14.9 Å². The van der Waals surface area contributed by atoms with E-state index in [1.165, 1.54) is 18.3 Å². The number of amides is 1. The van der Waals surface area contributed by atoms with Crippen molar-refractivity contribution >= 4 is 47.1 Å². The summed E-state index contributed by atoms with van der Waals surface area (Å²) in [6.45, 7) is 0. The predicted octanol–water partition coefficient (Wildman–Crippen LogP) is 3.84. The number of aromatic nitrogens is 3. The molecule has 13 heteroatoms. The van der Waals surface area contributed by atoms with Crippen LogP contribution in [-0.2, 0) is 11.0 Å². The predicted molar refractivity (Wildman–Crippen MR) is 114 cm³/mol. The molecule has 162 valence electrons. The molecule has 0 saturated heterocycles. The Bertz CT molecular complexity index is 1100. The number of benzene rings is 2. The zero-order valence-electron chi connectivity index (χ0n) is 15.6. The van der Waals surface area contributed by atoms with Gasteiger partial charge in [-0.1, -0.05) is 41.6 Å². The lowest BCUT2D eigenvalue weighted by Gasteiger charge is -2.09. The summed E-state index contributed by atoms with van der Waals surface area (Å²) in [5.41, 5.74) is 2.55. The van der Waals surface area contributed by atoms with Gasteiger partial charge in [-0.3, -0.25) is 4.79 Å². The summed E-state index contributed by atoms with van der Waals surface area (Å²) in [6, 6.07) is 11.4. The fourth-order valence-electron chi connectivity index (χ4n) is 2.30. The highest BCUT2D eigenvalue weighted by Gasteiger charge is 2.30. The first kappa shape index (κ1) is 22.4. The number of hydrazone groups is 1. The normalized spacial score (nSPS) is 11.6. The van der Waals surface area contributed by atoms with E-state index in [0.717, 1.165) is 34.1 Å². The molecule has 0 aliphatic heterocycles. The molecular formula is C18H15ClF3N7OS. The Kier molecular flexibility index (Phi) is 7.02. The van der Waals surface area contributed by atoms with Crippen LogP contribution in [-0.4, -0.2) is 32.7 Å². The van der Waals surface area contributed by atoms with Crippen LogP contribution in [0.2, 0.25) is 5.02 Å². The van der Waals surface area contributed by atoms with Gasteiger partial charge in [-0.05, 0) is 35.9 Å². The van der Waals surface area contributed by atoms with E-state index in [9.17, 15) is 18.0 Å². The molecule has 0 unspecified atom stereocenters. The number of carbonyl (C=O) groups excluding carboxylic acids is 1. The maximum atomic E-state index is 12.8. The van der Waals surface area contributed by atoms with Gasteiger partial charge in [0.25, 0.3) is 5.95 Å². The fraction of sp³-hybridized carbons (Fsp3) is 0.111. The zero-order valence-corrected chi connectivity index (χ0v) is 17.2. The van der Waals surface area contributed by atoms with Crippen molar-refractivity contribution in [1.29, 1.82) is 0 Å². The van der Waals surface area contributed by atoms with Crippen LogP contribution in [0.4, 0.5) is 24.8 Å². The van der Waals surface area contributed by atoms with Gasteiger partial charge in [0.2, 0.25) is 11.1 Å². The number of nitrogen functional groups attached to an aromatic ring is 1. The van der Waals surface area contributed by atoms with Gasteiger partial charge in [-0.15, -0.1) is 10.2 Å². The Morgan fingerprint density at radius 3 is 2.74 bits per heavy atom. The number of carbonyl (C=O) groups is 1. The van der Waals surface area contributed by atoms with Crippen LogP contribution in [0.15, 0.2) is 58.8 Å². The second-order valence-corrected chi connectivity index (χ2v) is 7.40. The molecule has 0 radical (unpaired) electrons. The number of halogens is 4. The van der Waals surface area contributed by atoms with Crippen LogP contribution in [0.1, 0.15) is 11.1 Å². The van der Waals surface area contributed by atoms with Crippen molar-refractivity contribution in [3.63, 3.8) is 0 Å². The van der Waals surface area contributed by atoms with Crippen molar-refractivity contribution in [2.75, 3.05) is 22.3 Å². The molecule has 31 heavy (non-hydrogen) atoms. The van der Waals surface area contributed by atoms with E-state index in [2.05, 4.69) is 26.0 Å². The van der Waals surface area contributed by atoms with Crippen LogP contribution >= 0.6 is 23.4 Å². The molecule has 2 aromatic carbocycles. The first-order chi connectivity index (χ1) is 14.7. The molecule has 1 heterocycles. The molecule has 0 fully saturated rings. The quantitative estimate of drug-likeness (QED) is 0.210. The molecule has 1 aromatic heterocycles. The molecule has 0 aliphatic rings. The summed E-state index contributed by atoms with van der Waals surface area (Å²) in [5.74, 6) is 5.33. The monoisotopic (exact) mass is 469 g/mol. The SMILES string of the molecule is Nn1c(N/N=C/c2cccc(Cl)c2)nnc1SCC(=O)Nc1cccc(C(F)(F)F)c1. The lowest BCUT2D eigenvalue weighted by molar-refractivity contribution is -0.137. The maximum absolute atomic E-state index is 12.8. The van der Waals surface area contributed by atoms with E-state index in [1.54, 1.807) is 24.3 Å².